The van der Waals surface area contributed by atoms with Crippen LogP contribution in [0, 0.1) is 0 Å². The maximum atomic E-state index is 11.8. The standard InChI is InChI=1S/C16H24BrNO3/c1-5-14(16(19)20-6-2)21-15-8-7-12(9-13(15)17)10-18-11(3)4/h7-9,11,14,18H,5-6,10H2,1-4H3. The van der Waals surface area contributed by atoms with Gasteiger partial charge in [0.1, 0.15) is 5.75 Å². The van der Waals surface area contributed by atoms with Gasteiger partial charge >= 0.3 is 5.97 Å². The van der Waals surface area contributed by atoms with Gasteiger partial charge < -0.3 is 14.8 Å². The van der Waals surface area contributed by atoms with Crippen LogP contribution in [0.1, 0.15) is 39.7 Å². The molecule has 0 saturated heterocycles. The van der Waals surface area contributed by atoms with Gasteiger partial charge in [0.05, 0.1) is 11.1 Å². The predicted molar refractivity (Wildman–Crippen MR) is 87.5 cm³/mol. The van der Waals surface area contributed by atoms with Crippen LogP contribution in [-0.2, 0) is 16.1 Å². The second kappa shape index (κ2) is 9.05. The monoisotopic (exact) mass is 357 g/mol. The van der Waals surface area contributed by atoms with Gasteiger partial charge in [-0.2, -0.15) is 0 Å². The molecule has 0 fully saturated rings. The Morgan fingerprint density at radius 1 is 1.33 bits per heavy atom. The van der Waals surface area contributed by atoms with Crippen LogP contribution >= 0.6 is 15.9 Å². The van der Waals surface area contributed by atoms with Crippen molar-refractivity contribution in [1.29, 1.82) is 0 Å². The molecule has 5 heteroatoms. The van der Waals surface area contributed by atoms with E-state index in [1.165, 1.54) is 0 Å². The third-order valence-corrected chi connectivity index (χ3v) is 3.52. The van der Waals surface area contributed by atoms with Crippen molar-refractivity contribution < 1.29 is 14.3 Å². The van der Waals surface area contributed by atoms with E-state index in [-0.39, 0.29) is 5.97 Å². The van der Waals surface area contributed by atoms with Crippen molar-refractivity contribution in [3.05, 3.63) is 28.2 Å². The minimum Gasteiger partial charge on any atom is -0.478 e. The fourth-order valence-electron chi connectivity index (χ4n) is 1.76. The summed E-state index contributed by atoms with van der Waals surface area (Å²) in [5.41, 5.74) is 1.16. The molecule has 4 nitrogen and oxygen atoms in total. The molecule has 0 aliphatic carbocycles. The van der Waals surface area contributed by atoms with Gasteiger partial charge in [-0.05, 0) is 47.0 Å². The van der Waals surface area contributed by atoms with E-state index in [1.54, 1.807) is 6.92 Å². The molecule has 21 heavy (non-hydrogen) atoms. The topological polar surface area (TPSA) is 47.6 Å². The largest absolute Gasteiger partial charge is 0.478 e. The average molecular weight is 358 g/mol. The van der Waals surface area contributed by atoms with Crippen LogP contribution in [0.5, 0.6) is 5.75 Å². The highest BCUT2D eigenvalue weighted by Crippen LogP contribution is 2.27. The molecule has 1 unspecified atom stereocenters. The molecular weight excluding hydrogens is 334 g/mol. The lowest BCUT2D eigenvalue weighted by Gasteiger charge is -2.17. The molecule has 1 rings (SSSR count). The normalized spacial score (nSPS) is 12.3. The number of hydrogen-bond acceptors (Lipinski definition) is 4. The first-order valence-corrected chi connectivity index (χ1v) is 8.12. The lowest BCUT2D eigenvalue weighted by atomic mass is 10.2. The Balaban J connectivity index is 2.72. The Bertz CT molecular complexity index is 463. The fraction of sp³-hybridized carbons (Fsp3) is 0.562. The van der Waals surface area contributed by atoms with E-state index in [2.05, 4.69) is 35.1 Å². The lowest BCUT2D eigenvalue weighted by Crippen LogP contribution is -2.28. The molecule has 0 aromatic heterocycles. The predicted octanol–water partition coefficient (Wildman–Crippen LogP) is 3.67. The summed E-state index contributed by atoms with van der Waals surface area (Å²) >= 11 is 3.50. The third-order valence-electron chi connectivity index (χ3n) is 2.90. The number of esters is 1. The van der Waals surface area contributed by atoms with Gasteiger partial charge in [0.2, 0.25) is 0 Å². The molecule has 0 bridgehead atoms. The average Bonchev–Trinajstić information content (AvgIpc) is 2.44. The summed E-state index contributed by atoms with van der Waals surface area (Å²) in [7, 11) is 0. The molecule has 1 N–H and O–H groups in total. The van der Waals surface area contributed by atoms with Crippen molar-refractivity contribution in [3.63, 3.8) is 0 Å². The number of benzene rings is 1. The van der Waals surface area contributed by atoms with E-state index in [1.807, 2.05) is 25.1 Å². The van der Waals surface area contributed by atoms with E-state index in [0.717, 1.165) is 16.6 Å². The third kappa shape index (κ3) is 6.06. The van der Waals surface area contributed by atoms with E-state index < -0.39 is 6.10 Å². The summed E-state index contributed by atoms with van der Waals surface area (Å²) in [6.45, 7) is 9.06. The van der Waals surface area contributed by atoms with Crippen molar-refractivity contribution in [1.82, 2.24) is 5.32 Å². The summed E-state index contributed by atoms with van der Waals surface area (Å²) in [6.07, 6.45) is 0.00274. The maximum Gasteiger partial charge on any atom is 0.347 e. The molecule has 1 atom stereocenters. The first-order chi connectivity index (χ1) is 9.97. The lowest BCUT2D eigenvalue weighted by molar-refractivity contribution is -0.151. The summed E-state index contributed by atoms with van der Waals surface area (Å²) in [5.74, 6) is 0.334. The Hall–Kier alpha value is -1.07. The zero-order chi connectivity index (χ0) is 15.8. The molecule has 0 amide bonds. The highest BCUT2D eigenvalue weighted by Gasteiger charge is 2.20. The quantitative estimate of drug-likeness (QED) is 0.721. The number of ether oxygens (including phenoxy) is 2. The van der Waals surface area contributed by atoms with E-state index in [9.17, 15) is 4.79 Å². The Labute approximate surface area is 135 Å². The minimum absolute atomic E-state index is 0.322. The second-order valence-electron chi connectivity index (χ2n) is 5.07. The first-order valence-electron chi connectivity index (χ1n) is 7.33. The molecule has 0 saturated carbocycles. The zero-order valence-electron chi connectivity index (χ0n) is 13.1. The van der Waals surface area contributed by atoms with E-state index >= 15 is 0 Å². The number of nitrogens with one attached hydrogen (secondary N) is 1. The molecule has 0 radical (unpaired) electrons. The van der Waals surface area contributed by atoms with Gasteiger partial charge in [-0.15, -0.1) is 0 Å². The molecule has 118 valence electrons. The van der Waals surface area contributed by atoms with Crippen molar-refractivity contribution in [2.24, 2.45) is 0 Å². The molecular formula is C16H24BrNO3. The van der Waals surface area contributed by atoms with Crippen molar-refractivity contribution >= 4 is 21.9 Å². The van der Waals surface area contributed by atoms with Gasteiger partial charge in [0.15, 0.2) is 6.10 Å². The molecule has 0 aliphatic rings. The number of carbonyl (C=O) groups excluding carboxylic acids is 1. The van der Waals surface area contributed by atoms with Crippen LogP contribution in [0.3, 0.4) is 0 Å². The van der Waals surface area contributed by atoms with Gasteiger partial charge in [-0.1, -0.05) is 26.8 Å². The summed E-state index contributed by atoms with van der Waals surface area (Å²) < 4.78 is 11.6. The Morgan fingerprint density at radius 3 is 2.57 bits per heavy atom. The zero-order valence-corrected chi connectivity index (χ0v) is 14.7. The van der Waals surface area contributed by atoms with Crippen LogP contribution in [0.15, 0.2) is 22.7 Å². The van der Waals surface area contributed by atoms with Gasteiger partial charge in [0, 0.05) is 12.6 Å². The maximum absolute atomic E-state index is 11.8. The van der Waals surface area contributed by atoms with Crippen LogP contribution < -0.4 is 10.1 Å². The van der Waals surface area contributed by atoms with Gasteiger partial charge in [-0.3, -0.25) is 0 Å². The fourth-order valence-corrected chi connectivity index (χ4v) is 2.28. The van der Waals surface area contributed by atoms with Gasteiger partial charge in [0.25, 0.3) is 0 Å². The van der Waals surface area contributed by atoms with Gasteiger partial charge in [-0.25, -0.2) is 4.79 Å². The summed E-state index contributed by atoms with van der Waals surface area (Å²) in [4.78, 5) is 11.8. The minimum atomic E-state index is -0.569. The van der Waals surface area contributed by atoms with Crippen LogP contribution in [0.2, 0.25) is 0 Å². The van der Waals surface area contributed by atoms with Crippen LogP contribution in [0.25, 0.3) is 0 Å². The summed E-state index contributed by atoms with van der Waals surface area (Å²) in [5, 5.41) is 3.36. The second-order valence-corrected chi connectivity index (χ2v) is 5.92. The highest BCUT2D eigenvalue weighted by atomic mass is 79.9. The number of rotatable bonds is 8. The Kier molecular flexibility index (Phi) is 7.75. The van der Waals surface area contributed by atoms with Crippen molar-refractivity contribution in [3.8, 4) is 5.75 Å². The Morgan fingerprint density at radius 2 is 2.05 bits per heavy atom. The summed E-state index contributed by atoms with van der Waals surface area (Å²) in [6, 6.07) is 6.31. The van der Waals surface area contributed by atoms with Crippen molar-refractivity contribution in [2.45, 2.75) is 52.8 Å². The molecule has 0 aliphatic heterocycles. The molecule has 0 heterocycles. The van der Waals surface area contributed by atoms with Crippen LogP contribution in [0.4, 0.5) is 0 Å². The number of hydrogen-bond donors (Lipinski definition) is 1. The van der Waals surface area contributed by atoms with Crippen LogP contribution in [-0.4, -0.2) is 24.7 Å². The van der Waals surface area contributed by atoms with E-state index in [4.69, 9.17) is 9.47 Å². The SMILES string of the molecule is CCOC(=O)C(CC)Oc1ccc(CNC(C)C)cc1Br. The number of carbonyl (C=O) groups is 1. The first kappa shape index (κ1) is 18.0. The molecule has 1 aromatic carbocycles. The van der Waals surface area contributed by atoms with E-state index in [0.29, 0.717) is 24.8 Å². The number of halogens is 1. The smallest absolute Gasteiger partial charge is 0.347 e. The highest BCUT2D eigenvalue weighted by molar-refractivity contribution is 9.10. The molecule has 1 aromatic rings. The van der Waals surface area contributed by atoms with Crippen molar-refractivity contribution in [2.75, 3.05) is 6.61 Å². The molecule has 0 spiro atoms.